The van der Waals surface area contributed by atoms with E-state index >= 15 is 0 Å². The van der Waals surface area contributed by atoms with Crippen molar-refractivity contribution in [1.82, 2.24) is 4.98 Å². The van der Waals surface area contributed by atoms with Crippen LogP contribution in [-0.4, -0.2) is 23.2 Å². The van der Waals surface area contributed by atoms with Gasteiger partial charge in [-0.1, -0.05) is 24.3 Å². The van der Waals surface area contributed by atoms with E-state index in [2.05, 4.69) is 15.6 Å². The number of fused-ring (bicyclic) bond motifs is 1. The third-order valence-electron chi connectivity index (χ3n) is 4.41. The molecule has 1 aromatic heterocycles. The second-order valence-corrected chi connectivity index (χ2v) is 6.52. The van der Waals surface area contributed by atoms with Gasteiger partial charge in [0, 0.05) is 42.0 Å². The van der Waals surface area contributed by atoms with Gasteiger partial charge in [-0.25, -0.2) is 0 Å². The van der Waals surface area contributed by atoms with Crippen LogP contribution in [0.2, 0.25) is 0 Å². The topological polar surface area (TPSA) is 80.3 Å². The van der Waals surface area contributed by atoms with Gasteiger partial charge in [-0.05, 0) is 30.3 Å². The molecule has 2 N–H and O–H groups in total. The SMILES string of the molecule is O=C1Cc2nccc(Oc3cccc(NCC(=O)Nc4ccccc4)c3)c2C1. The first-order valence-electron chi connectivity index (χ1n) is 9.02. The fraction of sp³-hybridized carbons (Fsp3) is 0.136. The summed E-state index contributed by atoms with van der Waals surface area (Å²) in [7, 11) is 0. The van der Waals surface area contributed by atoms with E-state index in [1.165, 1.54) is 0 Å². The van der Waals surface area contributed by atoms with E-state index in [-0.39, 0.29) is 18.2 Å². The summed E-state index contributed by atoms with van der Waals surface area (Å²) in [6, 6.07) is 18.4. The Labute approximate surface area is 162 Å². The van der Waals surface area contributed by atoms with Gasteiger partial charge in [0.2, 0.25) is 5.91 Å². The molecule has 6 nitrogen and oxygen atoms in total. The van der Waals surface area contributed by atoms with Crippen LogP contribution in [-0.2, 0) is 22.4 Å². The number of ketones is 1. The Morgan fingerprint density at radius 1 is 1.00 bits per heavy atom. The van der Waals surface area contributed by atoms with Crippen LogP contribution in [0.1, 0.15) is 11.3 Å². The first-order valence-corrected chi connectivity index (χ1v) is 9.02. The van der Waals surface area contributed by atoms with Crippen molar-refractivity contribution in [3.05, 3.63) is 78.1 Å². The smallest absolute Gasteiger partial charge is 0.243 e. The number of benzene rings is 2. The molecule has 0 unspecified atom stereocenters. The number of para-hydroxylation sites is 1. The number of pyridine rings is 1. The molecule has 1 aliphatic carbocycles. The number of Topliss-reactive ketones (excluding diaryl/α,β-unsaturated/α-hetero) is 1. The predicted octanol–water partition coefficient (Wildman–Crippen LogP) is 3.59. The van der Waals surface area contributed by atoms with E-state index in [0.717, 1.165) is 22.6 Å². The zero-order valence-corrected chi connectivity index (χ0v) is 15.1. The minimum atomic E-state index is -0.136. The van der Waals surface area contributed by atoms with Gasteiger partial charge in [-0.2, -0.15) is 0 Å². The van der Waals surface area contributed by atoms with Crippen molar-refractivity contribution in [2.45, 2.75) is 12.8 Å². The first-order chi connectivity index (χ1) is 13.7. The lowest BCUT2D eigenvalue weighted by atomic mass is 10.2. The average molecular weight is 373 g/mol. The minimum absolute atomic E-state index is 0.136. The highest BCUT2D eigenvalue weighted by molar-refractivity contribution is 5.93. The number of carbonyl (C=O) groups excluding carboxylic acids is 2. The van der Waals surface area contributed by atoms with E-state index < -0.39 is 0 Å². The summed E-state index contributed by atoms with van der Waals surface area (Å²) in [5, 5.41) is 5.92. The third kappa shape index (κ3) is 4.17. The zero-order chi connectivity index (χ0) is 19.3. The summed E-state index contributed by atoms with van der Waals surface area (Å²) < 4.78 is 5.98. The highest BCUT2D eigenvalue weighted by Crippen LogP contribution is 2.31. The summed E-state index contributed by atoms with van der Waals surface area (Å²) in [5.41, 5.74) is 3.16. The molecule has 1 aliphatic rings. The largest absolute Gasteiger partial charge is 0.457 e. The quantitative estimate of drug-likeness (QED) is 0.690. The zero-order valence-electron chi connectivity index (χ0n) is 15.1. The van der Waals surface area contributed by atoms with Gasteiger partial charge in [0.25, 0.3) is 0 Å². The summed E-state index contributed by atoms with van der Waals surface area (Å²) in [4.78, 5) is 28.0. The van der Waals surface area contributed by atoms with Crippen LogP contribution in [0.25, 0.3) is 0 Å². The molecular weight excluding hydrogens is 354 g/mol. The molecule has 1 amide bonds. The van der Waals surface area contributed by atoms with Crippen LogP contribution in [0.3, 0.4) is 0 Å². The van der Waals surface area contributed by atoms with Crippen LogP contribution >= 0.6 is 0 Å². The summed E-state index contributed by atoms with van der Waals surface area (Å²) in [6.07, 6.45) is 2.38. The molecule has 1 heterocycles. The lowest BCUT2D eigenvalue weighted by Crippen LogP contribution is -2.21. The molecule has 0 fully saturated rings. The summed E-state index contributed by atoms with van der Waals surface area (Å²) in [5.74, 6) is 1.29. The molecule has 0 saturated heterocycles. The maximum absolute atomic E-state index is 12.1. The van der Waals surface area contributed by atoms with Crippen molar-refractivity contribution in [3.63, 3.8) is 0 Å². The summed E-state index contributed by atoms with van der Waals surface area (Å²) >= 11 is 0. The second-order valence-electron chi connectivity index (χ2n) is 6.52. The normalized spacial score (nSPS) is 12.4. The fourth-order valence-corrected chi connectivity index (χ4v) is 3.10. The Morgan fingerprint density at radius 2 is 1.82 bits per heavy atom. The van der Waals surface area contributed by atoms with Crippen molar-refractivity contribution < 1.29 is 14.3 Å². The number of amides is 1. The molecule has 0 atom stereocenters. The third-order valence-corrected chi connectivity index (χ3v) is 4.41. The van der Waals surface area contributed by atoms with Gasteiger partial charge >= 0.3 is 0 Å². The van der Waals surface area contributed by atoms with E-state index in [0.29, 0.717) is 24.3 Å². The Hall–Kier alpha value is -3.67. The number of ether oxygens (including phenoxy) is 1. The number of hydrogen-bond acceptors (Lipinski definition) is 5. The molecule has 3 aromatic rings. The highest BCUT2D eigenvalue weighted by atomic mass is 16.5. The van der Waals surface area contributed by atoms with Crippen molar-refractivity contribution in [1.29, 1.82) is 0 Å². The number of carbonyl (C=O) groups is 2. The number of nitrogens with zero attached hydrogens (tertiary/aromatic N) is 1. The van der Waals surface area contributed by atoms with Gasteiger partial charge < -0.3 is 15.4 Å². The monoisotopic (exact) mass is 373 g/mol. The molecule has 0 radical (unpaired) electrons. The van der Waals surface area contributed by atoms with Crippen LogP contribution in [0.5, 0.6) is 11.5 Å². The molecule has 0 aliphatic heterocycles. The second kappa shape index (κ2) is 7.92. The molecule has 6 heteroatoms. The maximum atomic E-state index is 12.1. The fourth-order valence-electron chi connectivity index (χ4n) is 3.10. The van der Waals surface area contributed by atoms with Crippen LogP contribution in [0.4, 0.5) is 11.4 Å². The molecular formula is C22H19N3O3. The van der Waals surface area contributed by atoms with E-state index in [9.17, 15) is 9.59 Å². The van der Waals surface area contributed by atoms with Gasteiger partial charge in [0.1, 0.15) is 17.3 Å². The number of aromatic nitrogens is 1. The Balaban J connectivity index is 1.39. The van der Waals surface area contributed by atoms with Crippen molar-refractivity contribution >= 4 is 23.1 Å². The van der Waals surface area contributed by atoms with Crippen molar-refractivity contribution in [2.75, 3.05) is 17.2 Å². The molecule has 28 heavy (non-hydrogen) atoms. The van der Waals surface area contributed by atoms with Gasteiger partial charge in [0.15, 0.2) is 0 Å². The average Bonchev–Trinajstić information content (AvgIpc) is 3.09. The standard InChI is InChI=1S/C22H19N3O3/c26-17-12-19-20(13-17)23-10-9-21(19)28-18-8-4-7-16(11-18)24-14-22(27)25-15-5-2-1-3-6-15/h1-11,24H,12-14H2,(H,25,27). The molecule has 2 aromatic carbocycles. The minimum Gasteiger partial charge on any atom is -0.457 e. The maximum Gasteiger partial charge on any atom is 0.243 e. The predicted molar refractivity (Wildman–Crippen MR) is 107 cm³/mol. The van der Waals surface area contributed by atoms with Crippen molar-refractivity contribution in [3.8, 4) is 11.5 Å². The van der Waals surface area contributed by atoms with Crippen LogP contribution < -0.4 is 15.4 Å². The summed E-state index contributed by atoms with van der Waals surface area (Å²) in [6.45, 7) is 0.136. The molecule has 140 valence electrons. The van der Waals surface area contributed by atoms with Gasteiger partial charge in [-0.3, -0.25) is 14.6 Å². The Morgan fingerprint density at radius 3 is 2.68 bits per heavy atom. The molecule has 0 saturated carbocycles. The number of hydrogen-bond donors (Lipinski definition) is 2. The number of rotatable bonds is 6. The lowest BCUT2D eigenvalue weighted by molar-refractivity contribution is -0.117. The van der Waals surface area contributed by atoms with Gasteiger partial charge in [-0.15, -0.1) is 0 Å². The number of nitrogens with one attached hydrogen (secondary N) is 2. The molecule has 0 spiro atoms. The molecule has 4 rings (SSSR count). The van der Waals surface area contributed by atoms with E-state index in [1.807, 2.05) is 54.6 Å². The Bertz CT molecular complexity index is 1020. The Kier molecular flexibility index (Phi) is 5.01. The first kappa shape index (κ1) is 17.7. The van der Waals surface area contributed by atoms with E-state index in [4.69, 9.17) is 4.74 Å². The van der Waals surface area contributed by atoms with Gasteiger partial charge in [0.05, 0.1) is 12.2 Å². The lowest BCUT2D eigenvalue weighted by Gasteiger charge is -2.12. The van der Waals surface area contributed by atoms with Crippen LogP contribution in [0.15, 0.2) is 66.9 Å². The highest BCUT2D eigenvalue weighted by Gasteiger charge is 2.23. The van der Waals surface area contributed by atoms with Crippen LogP contribution in [0, 0.1) is 0 Å². The van der Waals surface area contributed by atoms with Crippen molar-refractivity contribution in [2.24, 2.45) is 0 Å². The van der Waals surface area contributed by atoms with E-state index in [1.54, 1.807) is 12.3 Å². The number of anilines is 2. The molecule has 0 bridgehead atoms.